The summed E-state index contributed by atoms with van der Waals surface area (Å²) in [6.45, 7) is 1.66. The Bertz CT molecular complexity index is 611. The van der Waals surface area contributed by atoms with Crippen molar-refractivity contribution in [3.05, 3.63) is 41.0 Å². The van der Waals surface area contributed by atoms with Crippen molar-refractivity contribution in [3.8, 4) is 0 Å². The van der Waals surface area contributed by atoms with Crippen molar-refractivity contribution < 1.29 is 5.11 Å². The van der Waals surface area contributed by atoms with Gasteiger partial charge in [0.2, 0.25) is 0 Å². The average Bonchev–Trinajstić information content (AvgIpc) is 3.01. The molecule has 2 aromatic rings. The second-order valence-corrected chi connectivity index (χ2v) is 6.12. The molecule has 0 aliphatic heterocycles. The molecule has 0 amide bonds. The first-order valence-electron chi connectivity index (χ1n) is 7.67. The van der Waals surface area contributed by atoms with Crippen molar-refractivity contribution in [2.45, 2.75) is 38.3 Å². The minimum Gasteiger partial charge on any atom is -0.395 e. The molecule has 0 radical (unpaired) electrons. The summed E-state index contributed by atoms with van der Waals surface area (Å²) in [6, 6.07) is 10.7. The number of hydrogen-bond donors (Lipinski definition) is 1. The lowest BCUT2D eigenvalue weighted by Crippen LogP contribution is -2.35. The zero-order valence-electron chi connectivity index (χ0n) is 12.1. The van der Waals surface area contributed by atoms with E-state index in [9.17, 15) is 5.11 Å². The van der Waals surface area contributed by atoms with Gasteiger partial charge in [-0.3, -0.25) is 4.90 Å². The van der Waals surface area contributed by atoms with Crippen molar-refractivity contribution in [1.29, 1.82) is 0 Å². The van der Waals surface area contributed by atoms with Crippen molar-refractivity contribution in [3.63, 3.8) is 0 Å². The number of aromatic nitrogens is 1. The molecule has 1 saturated carbocycles. The lowest BCUT2D eigenvalue weighted by molar-refractivity contribution is 0.145. The number of pyridine rings is 1. The molecule has 0 unspecified atom stereocenters. The van der Waals surface area contributed by atoms with E-state index in [1.807, 2.05) is 18.2 Å². The Kier molecular flexibility index (Phi) is 4.73. The third kappa shape index (κ3) is 3.37. The fourth-order valence-corrected chi connectivity index (χ4v) is 3.46. The van der Waals surface area contributed by atoms with Crippen LogP contribution in [0.2, 0.25) is 5.15 Å². The zero-order valence-corrected chi connectivity index (χ0v) is 12.9. The van der Waals surface area contributed by atoms with E-state index in [1.165, 1.54) is 25.7 Å². The maximum Gasteiger partial charge on any atom is 0.134 e. The molecular weight excluding hydrogens is 284 g/mol. The molecule has 1 aliphatic carbocycles. The van der Waals surface area contributed by atoms with E-state index in [0.29, 0.717) is 17.7 Å². The topological polar surface area (TPSA) is 36.4 Å². The Labute approximate surface area is 130 Å². The Hall–Kier alpha value is -1.16. The molecule has 1 N–H and O–H groups in total. The number of benzene rings is 1. The molecule has 4 heteroatoms. The van der Waals surface area contributed by atoms with Crippen LogP contribution >= 0.6 is 11.6 Å². The monoisotopic (exact) mass is 304 g/mol. The van der Waals surface area contributed by atoms with Crippen LogP contribution in [0.5, 0.6) is 0 Å². The van der Waals surface area contributed by atoms with Crippen LogP contribution in [0.4, 0.5) is 0 Å². The van der Waals surface area contributed by atoms with Crippen molar-refractivity contribution in [2.24, 2.45) is 0 Å². The van der Waals surface area contributed by atoms with E-state index in [0.717, 1.165) is 23.0 Å². The molecular formula is C17H21ClN2O. The van der Waals surface area contributed by atoms with Gasteiger partial charge in [0.1, 0.15) is 5.15 Å². The Morgan fingerprint density at radius 2 is 2.00 bits per heavy atom. The largest absolute Gasteiger partial charge is 0.395 e. The Morgan fingerprint density at radius 1 is 1.24 bits per heavy atom. The number of aliphatic hydroxyl groups excluding tert-OH is 1. The maximum atomic E-state index is 9.33. The van der Waals surface area contributed by atoms with Gasteiger partial charge in [-0.15, -0.1) is 0 Å². The lowest BCUT2D eigenvalue weighted by atomic mass is 10.1. The van der Waals surface area contributed by atoms with Gasteiger partial charge < -0.3 is 5.11 Å². The predicted octanol–water partition coefficient (Wildman–Crippen LogP) is 3.63. The van der Waals surface area contributed by atoms with E-state index in [4.69, 9.17) is 11.6 Å². The molecule has 0 bridgehead atoms. The predicted molar refractivity (Wildman–Crippen MR) is 86.5 cm³/mol. The first-order valence-corrected chi connectivity index (χ1v) is 8.05. The lowest BCUT2D eigenvalue weighted by Gasteiger charge is -2.28. The van der Waals surface area contributed by atoms with Gasteiger partial charge in [0.15, 0.2) is 0 Å². The highest BCUT2D eigenvalue weighted by Gasteiger charge is 2.23. The second-order valence-electron chi connectivity index (χ2n) is 5.76. The van der Waals surface area contributed by atoms with Crippen LogP contribution in [0.25, 0.3) is 10.9 Å². The standard InChI is InChI=1S/C17H21ClN2O/c18-17-14(11-13-5-1-4-8-16(13)19-17)12-20(9-10-21)15-6-2-3-7-15/h1,4-5,8,11,15,21H,2-3,6-7,9-10,12H2. The van der Waals surface area contributed by atoms with E-state index < -0.39 is 0 Å². The number of hydrogen-bond acceptors (Lipinski definition) is 3. The summed E-state index contributed by atoms with van der Waals surface area (Å²) >= 11 is 6.35. The van der Waals surface area contributed by atoms with Crippen LogP contribution in [-0.4, -0.2) is 34.2 Å². The number of aliphatic hydroxyl groups is 1. The molecule has 0 saturated heterocycles. The molecule has 3 rings (SSSR count). The molecule has 1 aliphatic rings. The molecule has 0 atom stereocenters. The van der Waals surface area contributed by atoms with Crippen molar-refractivity contribution in [2.75, 3.05) is 13.2 Å². The summed E-state index contributed by atoms with van der Waals surface area (Å²) in [5, 5.41) is 11.0. The summed E-state index contributed by atoms with van der Waals surface area (Å²) < 4.78 is 0. The van der Waals surface area contributed by atoms with E-state index in [2.05, 4.69) is 22.0 Å². The number of fused-ring (bicyclic) bond motifs is 1. The van der Waals surface area contributed by atoms with Crippen LogP contribution in [0.15, 0.2) is 30.3 Å². The summed E-state index contributed by atoms with van der Waals surface area (Å²) in [7, 11) is 0. The summed E-state index contributed by atoms with van der Waals surface area (Å²) in [6.07, 6.45) is 5.02. The SMILES string of the molecule is OCCN(Cc1cc2ccccc2nc1Cl)C1CCCC1. The molecule has 1 aromatic heterocycles. The third-order valence-electron chi connectivity index (χ3n) is 4.35. The van der Waals surface area contributed by atoms with Crippen LogP contribution in [0, 0.1) is 0 Å². The average molecular weight is 305 g/mol. The van der Waals surface area contributed by atoms with Gasteiger partial charge in [-0.1, -0.05) is 42.6 Å². The van der Waals surface area contributed by atoms with E-state index in [1.54, 1.807) is 0 Å². The highest BCUT2D eigenvalue weighted by Crippen LogP contribution is 2.27. The Balaban J connectivity index is 1.85. The van der Waals surface area contributed by atoms with Crippen LogP contribution in [0.3, 0.4) is 0 Å². The van der Waals surface area contributed by atoms with Crippen molar-refractivity contribution >= 4 is 22.5 Å². The van der Waals surface area contributed by atoms with Gasteiger partial charge in [0.05, 0.1) is 12.1 Å². The van der Waals surface area contributed by atoms with Gasteiger partial charge in [0.25, 0.3) is 0 Å². The second kappa shape index (κ2) is 6.73. The molecule has 1 heterocycles. The number of para-hydroxylation sites is 1. The number of nitrogens with zero attached hydrogens (tertiary/aromatic N) is 2. The minimum atomic E-state index is 0.190. The van der Waals surface area contributed by atoms with Crippen LogP contribution < -0.4 is 0 Å². The van der Waals surface area contributed by atoms with Crippen LogP contribution in [-0.2, 0) is 6.54 Å². The molecule has 3 nitrogen and oxygen atoms in total. The highest BCUT2D eigenvalue weighted by atomic mass is 35.5. The smallest absolute Gasteiger partial charge is 0.134 e. The first kappa shape index (κ1) is 14.8. The van der Waals surface area contributed by atoms with Gasteiger partial charge in [-0.05, 0) is 25.0 Å². The molecule has 1 fully saturated rings. The molecule has 1 aromatic carbocycles. The quantitative estimate of drug-likeness (QED) is 0.857. The summed E-state index contributed by atoms with van der Waals surface area (Å²) in [4.78, 5) is 6.84. The van der Waals surface area contributed by atoms with Gasteiger partial charge in [-0.2, -0.15) is 0 Å². The molecule has 0 spiro atoms. The zero-order chi connectivity index (χ0) is 14.7. The van der Waals surface area contributed by atoms with Gasteiger partial charge in [-0.25, -0.2) is 4.98 Å². The fraction of sp³-hybridized carbons (Fsp3) is 0.471. The molecule has 21 heavy (non-hydrogen) atoms. The minimum absolute atomic E-state index is 0.190. The van der Waals surface area contributed by atoms with Crippen LogP contribution in [0.1, 0.15) is 31.2 Å². The maximum absolute atomic E-state index is 9.33. The summed E-state index contributed by atoms with van der Waals surface area (Å²) in [5.74, 6) is 0. The van der Waals surface area contributed by atoms with Gasteiger partial charge in [0, 0.05) is 30.1 Å². The first-order chi connectivity index (χ1) is 10.3. The van der Waals surface area contributed by atoms with E-state index in [-0.39, 0.29) is 6.61 Å². The third-order valence-corrected chi connectivity index (χ3v) is 4.68. The Morgan fingerprint density at radius 3 is 2.76 bits per heavy atom. The number of halogens is 1. The molecule has 112 valence electrons. The van der Waals surface area contributed by atoms with Crippen molar-refractivity contribution in [1.82, 2.24) is 9.88 Å². The summed E-state index contributed by atoms with van der Waals surface area (Å²) in [5.41, 5.74) is 1.98. The number of rotatable bonds is 5. The highest BCUT2D eigenvalue weighted by molar-refractivity contribution is 6.30. The fourth-order valence-electron chi connectivity index (χ4n) is 3.25. The van der Waals surface area contributed by atoms with E-state index >= 15 is 0 Å². The van der Waals surface area contributed by atoms with Gasteiger partial charge >= 0.3 is 0 Å². The normalized spacial score (nSPS) is 16.1.